The molecule has 3 heteroatoms. The van der Waals surface area contributed by atoms with Crippen molar-refractivity contribution in [1.82, 2.24) is 0 Å². The molecule has 0 saturated carbocycles. The van der Waals surface area contributed by atoms with E-state index in [1.807, 2.05) is 0 Å². The number of rotatable bonds is 3. The molecule has 0 saturated heterocycles. The molecule has 0 amide bonds. The van der Waals surface area contributed by atoms with Crippen LogP contribution in [0.4, 0.5) is 34.1 Å². The van der Waals surface area contributed by atoms with Crippen LogP contribution in [0.3, 0.4) is 0 Å². The first-order valence-electron chi connectivity index (χ1n) is 24.4. The van der Waals surface area contributed by atoms with E-state index in [4.69, 9.17) is 0 Å². The predicted octanol–water partition coefficient (Wildman–Crippen LogP) is 16.2. The van der Waals surface area contributed by atoms with Crippen molar-refractivity contribution in [2.75, 3.05) is 9.80 Å². The highest BCUT2D eigenvalue weighted by Gasteiger charge is 2.44. The second-order valence-corrected chi connectivity index (χ2v) is 20.5. The van der Waals surface area contributed by atoms with Gasteiger partial charge >= 0.3 is 0 Å². The molecule has 0 unspecified atom stereocenters. The molecule has 2 aliphatic heterocycles. The zero-order valence-corrected chi connectivity index (χ0v) is 38.8. The third-order valence-electron chi connectivity index (χ3n) is 15.6. The lowest BCUT2D eigenvalue weighted by molar-refractivity contribution is 0.596. The Labute approximate surface area is 401 Å². The van der Waals surface area contributed by atoms with E-state index in [2.05, 4.69) is 249 Å². The Bertz CT molecular complexity index is 4090. The van der Waals surface area contributed by atoms with Crippen LogP contribution in [0.1, 0.15) is 26.3 Å². The van der Waals surface area contributed by atoms with Gasteiger partial charge in [-0.3, -0.25) is 0 Å². The fourth-order valence-corrected chi connectivity index (χ4v) is 12.5. The third-order valence-corrected chi connectivity index (χ3v) is 15.6. The molecule has 0 aromatic heterocycles. The maximum Gasteiger partial charge on any atom is 0.252 e. The van der Waals surface area contributed by atoms with Crippen LogP contribution in [-0.2, 0) is 5.41 Å². The van der Waals surface area contributed by atoms with E-state index in [1.165, 1.54) is 131 Å². The molecule has 0 bridgehead atoms. The SMILES string of the molecule is CC(C)(C)c1ccc2ccc3cc(-c4cc5c6c(c4)N(c4ccccc4)c4cc7c(ccc8ccccc87)cc4B6c4cc6ccc7ccccc7c6cc4N5c4ccccc4)cc4ccc1c2c34. The minimum absolute atomic E-state index is 0.0289. The summed E-state index contributed by atoms with van der Waals surface area (Å²) in [5.41, 5.74) is 14.9. The lowest BCUT2D eigenvalue weighted by Crippen LogP contribution is -2.61. The summed E-state index contributed by atoms with van der Waals surface area (Å²) in [6, 6.07) is 83.0. The molecule has 322 valence electrons. The van der Waals surface area contributed by atoms with Crippen molar-refractivity contribution in [2.24, 2.45) is 0 Å². The van der Waals surface area contributed by atoms with Crippen molar-refractivity contribution in [3.8, 4) is 11.1 Å². The number of nitrogens with zero attached hydrogens (tertiary/aromatic N) is 2. The first-order chi connectivity index (χ1) is 33.8. The van der Waals surface area contributed by atoms with Crippen LogP contribution in [0.5, 0.6) is 0 Å². The number of anilines is 6. The van der Waals surface area contributed by atoms with Gasteiger partial charge in [-0.2, -0.15) is 0 Å². The van der Waals surface area contributed by atoms with Gasteiger partial charge in [0.2, 0.25) is 0 Å². The van der Waals surface area contributed by atoms with Gasteiger partial charge in [-0.05, 0) is 175 Å². The quantitative estimate of drug-likeness (QED) is 0.129. The van der Waals surface area contributed by atoms with Crippen LogP contribution < -0.4 is 26.2 Å². The van der Waals surface area contributed by atoms with Gasteiger partial charge in [-0.25, -0.2) is 0 Å². The lowest BCUT2D eigenvalue weighted by Gasteiger charge is -2.44. The highest BCUT2D eigenvalue weighted by Crippen LogP contribution is 2.49. The molecule has 2 heterocycles. The molecule has 13 aromatic rings. The molecular weight excluding hydrogens is 832 g/mol. The van der Waals surface area contributed by atoms with E-state index in [0.29, 0.717) is 0 Å². The van der Waals surface area contributed by atoms with Crippen LogP contribution in [0, 0.1) is 0 Å². The lowest BCUT2D eigenvalue weighted by atomic mass is 9.33. The molecular formula is C66H45BN2. The maximum atomic E-state index is 2.57. The van der Waals surface area contributed by atoms with Gasteiger partial charge in [-0.1, -0.05) is 178 Å². The highest BCUT2D eigenvalue weighted by atomic mass is 15.2. The predicted molar refractivity (Wildman–Crippen MR) is 298 cm³/mol. The normalized spacial score (nSPS) is 13.3. The second kappa shape index (κ2) is 14.1. The Balaban J connectivity index is 1.08. The van der Waals surface area contributed by atoms with E-state index in [9.17, 15) is 0 Å². The van der Waals surface area contributed by atoms with Crippen molar-refractivity contribution in [2.45, 2.75) is 26.2 Å². The summed E-state index contributed by atoms with van der Waals surface area (Å²) >= 11 is 0. The summed E-state index contributed by atoms with van der Waals surface area (Å²) in [5, 5.41) is 18.0. The molecule has 69 heavy (non-hydrogen) atoms. The van der Waals surface area contributed by atoms with E-state index >= 15 is 0 Å². The standard InChI is InChI=1S/C66H45BN2/c1-66(2,3)56-31-29-42-24-27-45-32-47(33-46-28-30-53(56)64(42)63(45)46)48-36-61-65-62(37-48)69(50-18-8-5-9-19-50)60-39-55-44(26-23-41-15-11-13-21-52(41)55)35-58(60)67(65)57-34-43-25-22-40-14-10-12-20-51(40)54(43)38-59(57)68(61)49-16-6-4-7-17-49/h4-39H,1-3H3. The highest BCUT2D eigenvalue weighted by molar-refractivity contribution is 7.00. The number of fused-ring (bicyclic) bond motifs is 10. The number of hydrogen-bond acceptors (Lipinski definition) is 2. The smallest absolute Gasteiger partial charge is 0.252 e. The van der Waals surface area contributed by atoms with Gasteiger partial charge in [-0.15, -0.1) is 0 Å². The van der Waals surface area contributed by atoms with Gasteiger partial charge in [0.05, 0.1) is 0 Å². The second-order valence-electron chi connectivity index (χ2n) is 20.5. The molecule has 0 fully saturated rings. The van der Waals surface area contributed by atoms with E-state index in [1.54, 1.807) is 0 Å². The average Bonchev–Trinajstić information content (AvgIpc) is 3.39. The summed E-state index contributed by atoms with van der Waals surface area (Å²) in [4.78, 5) is 5.13. The van der Waals surface area contributed by atoms with Crippen molar-refractivity contribution in [1.29, 1.82) is 0 Å². The minimum atomic E-state index is -0.0387. The van der Waals surface area contributed by atoms with Crippen molar-refractivity contribution >= 4 is 133 Å². The Kier molecular flexibility index (Phi) is 7.89. The molecule has 0 radical (unpaired) electrons. The summed E-state index contributed by atoms with van der Waals surface area (Å²) < 4.78 is 0. The zero-order valence-electron chi connectivity index (χ0n) is 38.8. The Morgan fingerprint density at radius 1 is 0.319 bits per heavy atom. The fourth-order valence-electron chi connectivity index (χ4n) is 12.5. The van der Waals surface area contributed by atoms with Crippen molar-refractivity contribution in [3.05, 3.63) is 224 Å². The van der Waals surface area contributed by atoms with E-state index < -0.39 is 0 Å². The fraction of sp³-hybridized carbons (Fsp3) is 0.0606. The molecule has 0 aliphatic carbocycles. The molecule has 0 spiro atoms. The first kappa shape index (κ1) is 38.7. The monoisotopic (exact) mass is 876 g/mol. The Hall–Kier alpha value is -8.40. The van der Waals surface area contributed by atoms with Gasteiger partial charge < -0.3 is 9.80 Å². The molecule has 2 nitrogen and oxygen atoms in total. The Morgan fingerprint density at radius 2 is 0.768 bits per heavy atom. The van der Waals surface area contributed by atoms with Gasteiger partial charge in [0, 0.05) is 34.1 Å². The van der Waals surface area contributed by atoms with Gasteiger partial charge in [0.1, 0.15) is 0 Å². The molecule has 15 rings (SSSR count). The molecule has 13 aromatic carbocycles. The first-order valence-corrected chi connectivity index (χ1v) is 24.4. The minimum Gasteiger partial charge on any atom is -0.311 e. The molecule has 2 aliphatic rings. The van der Waals surface area contributed by atoms with Gasteiger partial charge in [0.25, 0.3) is 6.71 Å². The number of hydrogen-bond donors (Lipinski definition) is 0. The van der Waals surface area contributed by atoms with Gasteiger partial charge in [0.15, 0.2) is 0 Å². The molecule has 0 atom stereocenters. The Morgan fingerprint density at radius 3 is 1.32 bits per heavy atom. The third kappa shape index (κ3) is 5.56. The maximum absolute atomic E-state index is 2.57. The van der Waals surface area contributed by atoms with Crippen LogP contribution in [0.25, 0.3) is 86.5 Å². The van der Waals surface area contributed by atoms with Crippen molar-refractivity contribution in [3.63, 3.8) is 0 Å². The van der Waals surface area contributed by atoms with Crippen LogP contribution in [0.15, 0.2) is 218 Å². The summed E-state index contributed by atoms with van der Waals surface area (Å²) in [5.74, 6) is 0. The number of benzene rings is 13. The summed E-state index contributed by atoms with van der Waals surface area (Å²) in [6.07, 6.45) is 0. The zero-order chi connectivity index (χ0) is 45.7. The largest absolute Gasteiger partial charge is 0.311 e. The number of para-hydroxylation sites is 2. The van der Waals surface area contributed by atoms with Crippen molar-refractivity contribution < 1.29 is 0 Å². The van der Waals surface area contributed by atoms with E-state index in [0.717, 1.165) is 11.4 Å². The van der Waals surface area contributed by atoms with Crippen LogP contribution in [0.2, 0.25) is 0 Å². The molecule has 0 N–H and O–H groups in total. The summed E-state index contributed by atoms with van der Waals surface area (Å²) in [6.45, 7) is 6.94. The van der Waals surface area contributed by atoms with E-state index in [-0.39, 0.29) is 12.1 Å². The summed E-state index contributed by atoms with van der Waals surface area (Å²) in [7, 11) is 0. The average molecular weight is 877 g/mol. The topological polar surface area (TPSA) is 6.48 Å². The van der Waals surface area contributed by atoms with Crippen LogP contribution >= 0.6 is 0 Å². The van der Waals surface area contributed by atoms with Crippen LogP contribution in [-0.4, -0.2) is 6.71 Å².